The first-order valence-electron chi connectivity index (χ1n) is 9.54. The molecular weight excluding hydrogens is 316 g/mol. The largest absolute Gasteiger partial charge is 0.493 e. The molecule has 3 rings (SSSR count). The van der Waals surface area contributed by atoms with Gasteiger partial charge in [0.2, 0.25) is 0 Å². The van der Waals surface area contributed by atoms with E-state index >= 15 is 0 Å². The maximum absolute atomic E-state index is 11.0. The second kappa shape index (κ2) is 8.68. The molecule has 138 valence electrons. The standard InChI is InChI=1S/C20H30N2O3/c1-2-22(14-20(23)24)18-9-11-21(12-10-18)13-16-5-7-19(8-6-16)25-15-17-3-4-17/h5-8,17-18H,2-4,9-15H2,1H3,(H,23,24). The summed E-state index contributed by atoms with van der Waals surface area (Å²) in [6.07, 6.45) is 4.72. The fourth-order valence-electron chi connectivity index (χ4n) is 3.56. The maximum atomic E-state index is 11.0. The Labute approximate surface area is 150 Å². The molecule has 1 saturated carbocycles. The normalized spacial score (nSPS) is 19.3. The number of hydrogen-bond acceptors (Lipinski definition) is 4. The molecule has 0 radical (unpaired) electrons. The summed E-state index contributed by atoms with van der Waals surface area (Å²) in [6.45, 7) is 6.88. The van der Waals surface area contributed by atoms with Gasteiger partial charge in [-0.15, -0.1) is 0 Å². The van der Waals surface area contributed by atoms with Crippen LogP contribution in [-0.4, -0.2) is 59.7 Å². The number of benzene rings is 1. The summed E-state index contributed by atoms with van der Waals surface area (Å²) in [5.74, 6) is 1.03. The first-order chi connectivity index (χ1) is 12.1. The number of piperidine rings is 1. The SMILES string of the molecule is CCN(CC(=O)O)C1CCN(Cc2ccc(OCC3CC3)cc2)CC1. The Kier molecular flexibility index (Phi) is 6.32. The quantitative estimate of drug-likeness (QED) is 0.745. The number of likely N-dealkylation sites (tertiary alicyclic amines) is 1. The van der Waals surface area contributed by atoms with Gasteiger partial charge in [-0.2, -0.15) is 0 Å². The van der Waals surface area contributed by atoms with Crippen LogP contribution in [0.2, 0.25) is 0 Å². The van der Waals surface area contributed by atoms with E-state index in [0.29, 0.717) is 6.04 Å². The van der Waals surface area contributed by atoms with Crippen molar-refractivity contribution in [2.24, 2.45) is 5.92 Å². The minimum Gasteiger partial charge on any atom is -0.493 e. The van der Waals surface area contributed by atoms with Crippen molar-refractivity contribution >= 4 is 5.97 Å². The number of aliphatic carboxylic acids is 1. The second-order valence-electron chi connectivity index (χ2n) is 7.36. The van der Waals surface area contributed by atoms with E-state index in [1.165, 1.54) is 18.4 Å². The third-order valence-corrected chi connectivity index (χ3v) is 5.33. The average Bonchev–Trinajstić information content (AvgIpc) is 3.44. The number of carboxylic acid groups (broad SMARTS) is 1. The molecule has 2 aliphatic rings. The molecule has 25 heavy (non-hydrogen) atoms. The van der Waals surface area contributed by atoms with Gasteiger partial charge in [0.25, 0.3) is 0 Å². The number of carboxylic acids is 1. The number of likely N-dealkylation sites (N-methyl/N-ethyl adjacent to an activating group) is 1. The Morgan fingerprint density at radius 2 is 1.88 bits per heavy atom. The van der Waals surface area contributed by atoms with Crippen molar-refractivity contribution in [3.63, 3.8) is 0 Å². The van der Waals surface area contributed by atoms with E-state index < -0.39 is 5.97 Å². The first-order valence-corrected chi connectivity index (χ1v) is 9.54. The van der Waals surface area contributed by atoms with Crippen LogP contribution in [0, 0.1) is 5.92 Å². The second-order valence-corrected chi connectivity index (χ2v) is 7.36. The minimum atomic E-state index is -0.728. The van der Waals surface area contributed by atoms with Crippen LogP contribution in [0.4, 0.5) is 0 Å². The zero-order valence-electron chi connectivity index (χ0n) is 15.2. The van der Waals surface area contributed by atoms with E-state index in [4.69, 9.17) is 9.84 Å². The number of hydrogen-bond donors (Lipinski definition) is 1. The molecule has 0 atom stereocenters. The first kappa shape index (κ1) is 18.2. The highest BCUT2D eigenvalue weighted by Gasteiger charge is 2.25. The lowest BCUT2D eigenvalue weighted by Gasteiger charge is -2.37. The van der Waals surface area contributed by atoms with E-state index in [-0.39, 0.29) is 6.54 Å². The summed E-state index contributed by atoms with van der Waals surface area (Å²) < 4.78 is 5.79. The lowest BCUT2D eigenvalue weighted by Crippen LogP contribution is -2.46. The molecular formula is C20H30N2O3. The molecule has 2 fully saturated rings. The van der Waals surface area contributed by atoms with Crippen molar-refractivity contribution in [1.82, 2.24) is 9.80 Å². The van der Waals surface area contributed by atoms with Crippen LogP contribution in [0.25, 0.3) is 0 Å². The average molecular weight is 346 g/mol. The monoisotopic (exact) mass is 346 g/mol. The van der Waals surface area contributed by atoms with Crippen molar-refractivity contribution < 1.29 is 14.6 Å². The molecule has 0 aromatic heterocycles. The lowest BCUT2D eigenvalue weighted by atomic mass is 10.0. The van der Waals surface area contributed by atoms with Gasteiger partial charge in [-0.25, -0.2) is 0 Å². The zero-order chi connectivity index (χ0) is 17.6. The van der Waals surface area contributed by atoms with Crippen molar-refractivity contribution in [1.29, 1.82) is 0 Å². The van der Waals surface area contributed by atoms with Crippen LogP contribution < -0.4 is 4.74 Å². The van der Waals surface area contributed by atoms with E-state index in [0.717, 1.165) is 57.3 Å². The number of carbonyl (C=O) groups is 1. The number of rotatable bonds is 9. The predicted octanol–water partition coefficient (Wildman–Crippen LogP) is 2.85. The van der Waals surface area contributed by atoms with Gasteiger partial charge in [0, 0.05) is 12.6 Å². The molecule has 0 unspecified atom stereocenters. The fraction of sp³-hybridized carbons (Fsp3) is 0.650. The molecule has 1 saturated heterocycles. The van der Waals surface area contributed by atoms with Crippen molar-refractivity contribution in [3.8, 4) is 5.75 Å². The van der Waals surface area contributed by atoms with Crippen LogP contribution in [-0.2, 0) is 11.3 Å². The molecule has 1 aromatic rings. The van der Waals surface area contributed by atoms with Crippen LogP contribution >= 0.6 is 0 Å². The minimum absolute atomic E-state index is 0.156. The molecule has 1 aliphatic heterocycles. The van der Waals surface area contributed by atoms with Gasteiger partial charge in [0.05, 0.1) is 13.2 Å². The maximum Gasteiger partial charge on any atom is 0.317 e. The molecule has 0 bridgehead atoms. The smallest absolute Gasteiger partial charge is 0.317 e. The van der Waals surface area contributed by atoms with Crippen molar-refractivity contribution in [2.45, 2.75) is 45.2 Å². The lowest BCUT2D eigenvalue weighted by molar-refractivity contribution is -0.139. The summed E-state index contributed by atoms with van der Waals surface area (Å²) in [4.78, 5) is 15.5. The van der Waals surface area contributed by atoms with Gasteiger partial charge >= 0.3 is 5.97 Å². The van der Waals surface area contributed by atoms with E-state index in [9.17, 15) is 4.79 Å². The van der Waals surface area contributed by atoms with Crippen molar-refractivity contribution in [2.75, 3.05) is 32.8 Å². The topological polar surface area (TPSA) is 53.0 Å². The van der Waals surface area contributed by atoms with Gasteiger partial charge in [-0.3, -0.25) is 14.6 Å². The molecule has 1 aliphatic carbocycles. The van der Waals surface area contributed by atoms with Crippen LogP contribution in [0.3, 0.4) is 0 Å². The fourth-order valence-corrected chi connectivity index (χ4v) is 3.56. The summed E-state index contributed by atoms with van der Waals surface area (Å²) in [5, 5.41) is 9.02. The number of ether oxygens (including phenoxy) is 1. The van der Waals surface area contributed by atoms with Gasteiger partial charge < -0.3 is 9.84 Å². The Bertz CT molecular complexity index is 549. The number of nitrogens with zero attached hydrogens (tertiary/aromatic N) is 2. The van der Waals surface area contributed by atoms with E-state index in [1.54, 1.807) is 0 Å². The third kappa shape index (κ3) is 5.72. The third-order valence-electron chi connectivity index (χ3n) is 5.33. The highest BCUT2D eigenvalue weighted by Crippen LogP contribution is 2.29. The molecule has 1 aromatic carbocycles. The molecule has 0 spiro atoms. The Balaban J connectivity index is 1.42. The summed E-state index contributed by atoms with van der Waals surface area (Å²) in [7, 11) is 0. The highest BCUT2D eigenvalue weighted by molar-refractivity contribution is 5.69. The zero-order valence-corrected chi connectivity index (χ0v) is 15.2. The van der Waals surface area contributed by atoms with Gasteiger partial charge in [0.15, 0.2) is 0 Å². The Hall–Kier alpha value is -1.59. The van der Waals surface area contributed by atoms with Crippen molar-refractivity contribution in [3.05, 3.63) is 29.8 Å². The van der Waals surface area contributed by atoms with E-state index in [1.807, 2.05) is 6.92 Å². The molecule has 5 nitrogen and oxygen atoms in total. The van der Waals surface area contributed by atoms with Gasteiger partial charge in [-0.05, 0) is 68.9 Å². The van der Waals surface area contributed by atoms with Crippen LogP contribution in [0.15, 0.2) is 24.3 Å². The Morgan fingerprint density at radius 1 is 1.20 bits per heavy atom. The molecule has 0 amide bonds. The summed E-state index contributed by atoms with van der Waals surface area (Å²) in [5.41, 5.74) is 1.31. The van der Waals surface area contributed by atoms with Crippen LogP contribution in [0.1, 0.15) is 38.2 Å². The molecule has 1 heterocycles. The Morgan fingerprint density at radius 3 is 2.44 bits per heavy atom. The van der Waals surface area contributed by atoms with Crippen LogP contribution in [0.5, 0.6) is 5.75 Å². The van der Waals surface area contributed by atoms with E-state index in [2.05, 4.69) is 34.1 Å². The predicted molar refractivity (Wildman–Crippen MR) is 97.8 cm³/mol. The summed E-state index contributed by atoms with van der Waals surface area (Å²) in [6, 6.07) is 8.89. The van der Waals surface area contributed by atoms with Gasteiger partial charge in [-0.1, -0.05) is 19.1 Å². The molecule has 1 N–H and O–H groups in total. The summed E-state index contributed by atoms with van der Waals surface area (Å²) >= 11 is 0. The molecule has 5 heteroatoms. The highest BCUT2D eigenvalue weighted by atomic mass is 16.5. The van der Waals surface area contributed by atoms with Gasteiger partial charge in [0.1, 0.15) is 5.75 Å².